The van der Waals surface area contributed by atoms with Gasteiger partial charge in [-0.15, -0.1) is 0 Å². The minimum Gasteiger partial charge on any atom is -0.493 e. The number of nitriles is 1. The van der Waals surface area contributed by atoms with E-state index in [4.69, 9.17) is 9.47 Å². The van der Waals surface area contributed by atoms with Crippen LogP contribution in [0.4, 0.5) is 5.82 Å². The number of methoxy groups -OCH3 is 2. The number of aromatic nitrogens is 2. The van der Waals surface area contributed by atoms with Crippen molar-refractivity contribution in [1.82, 2.24) is 9.97 Å². The van der Waals surface area contributed by atoms with Crippen LogP contribution in [0.25, 0.3) is 11.3 Å². The first-order valence-corrected chi connectivity index (χ1v) is 10.3. The monoisotopic (exact) mass is 384 g/mol. The number of anilines is 1. The van der Waals surface area contributed by atoms with Crippen LogP contribution in [0, 0.1) is 11.3 Å². The Morgan fingerprint density at radius 3 is 2.33 bits per heavy atom. The average Bonchev–Trinajstić information content (AvgIpc) is 3.01. The molecule has 1 aromatic heterocycles. The lowest BCUT2D eigenvalue weighted by Crippen LogP contribution is -2.26. The summed E-state index contributed by atoms with van der Waals surface area (Å²) < 4.78 is 10.8. The minimum atomic E-state index is 0.516. The Morgan fingerprint density at radius 2 is 1.74 bits per heavy atom. The molecule has 0 amide bonds. The molecule has 0 N–H and O–H groups in total. The molecule has 0 saturated carbocycles. The minimum absolute atomic E-state index is 0.516. The van der Waals surface area contributed by atoms with Crippen LogP contribution in [0.3, 0.4) is 0 Å². The zero-order chi connectivity index (χ0) is 19.2. The van der Waals surface area contributed by atoms with Gasteiger partial charge in [0.15, 0.2) is 22.5 Å². The summed E-state index contributed by atoms with van der Waals surface area (Å²) in [4.78, 5) is 11.6. The van der Waals surface area contributed by atoms with Gasteiger partial charge in [-0.05, 0) is 37.3 Å². The fourth-order valence-corrected chi connectivity index (χ4v) is 3.69. The largest absolute Gasteiger partial charge is 0.493 e. The van der Waals surface area contributed by atoms with Crippen LogP contribution in [-0.4, -0.2) is 43.5 Å². The van der Waals surface area contributed by atoms with Crippen LogP contribution >= 0.6 is 11.8 Å². The van der Waals surface area contributed by atoms with Crippen LogP contribution in [0.2, 0.25) is 0 Å². The third kappa shape index (κ3) is 4.11. The lowest BCUT2D eigenvalue weighted by atomic mass is 10.1. The molecule has 2 aromatic rings. The second-order valence-corrected chi connectivity index (χ2v) is 7.11. The van der Waals surface area contributed by atoms with Crippen molar-refractivity contribution >= 4 is 17.6 Å². The van der Waals surface area contributed by atoms with E-state index >= 15 is 0 Å². The highest BCUT2D eigenvalue weighted by molar-refractivity contribution is 7.98. The number of rotatable bonds is 5. The fourth-order valence-electron chi connectivity index (χ4n) is 3.33. The summed E-state index contributed by atoms with van der Waals surface area (Å²) in [7, 11) is 3.20. The zero-order valence-electron chi connectivity index (χ0n) is 16.0. The van der Waals surface area contributed by atoms with Gasteiger partial charge in [0, 0.05) is 18.7 Å². The zero-order valence-corrected chi connectivity index (χ0v) is 16.8. The molecule has 142 valence electrons. The predicted octanol–water partition coefficient (Wildman–Crippen LogP) is 4.13. The van der Waals surface area contributed by atoms with E-state index in [0.717, 1.165) is 37.3 Å². The van der Waals surface area contributed by atoms with Crippen molar-refractivity contribution in [2.24, 2.45) is 0 Å². The van der Waals surface area contributed by atoms with E-state index in [2.05, 4.69) is 20.9 Å². The van der Waals surface area contributed by atoms with Gasteiger partial charge in [-0.25, -0.2) is 9.97 Å². The molecule has 0 radical (unpaired) electrons. The summed E-state index contributed by atoms with van der Waals surface area (Å²) in [5.41, 5.74) is 1.97. The number of nitrogens with zero attached hydrogens (tertiary/aromatic N) is 4. The molecule has 6 nitrogen and oxygen atoms in total. The molecule has 1 aliphatic heterocycles. The molecule has 2 heterocycles. The van der Waals surface area contributed by atoms with E-state index < -0.39 is 0 Å². The number of benzene rings is 1. The molecular weight excluding hydrogens is 360 g/mol. The van der Waals surface area contributed by atoms with Gasteiger partial charge in [0.2, 0.25) is 0 Å². The highest BCUT2D eigenvalue weighted by Crippen LogP contribution is 2.36. The van der Waals surface area contributed by atoms with E-state index in [9.17, 15) is 5.26 Å². The summed E-state index contributed by atoms with van der Waals surface area (Å²) >= 11 is 1.48. The van der Waals surface area contributed by atoms with Crippen molar-refractivity contribution in [3.8, 4) is 28.8 Å². The van der Waals surface area contributed by atoms with Crippen LogP contribution in [0.15, 0.2) is 23.4 Å². The lowest BCUT2D eigenvalue weighted by molar-refractivity contribution is 0.355. The van der Waals surface area contributed by atoms with Gasteiger partial charge in [0.25, 0.3) is 0 Å². The number of ether oxygens (including phenoxy) is 2. The standard InChI is InChI=1S/C20H24N4O2S/c1-25-16-9-8-14(12-17(16)26-2)18-15(13-21)19(23-20(22-18)27-3)24-10-6-4-5-7-11-24/h8-9,12H,4-7,10-11H2,1-3H3. The smallest absolute Gasteiger partial charge is 0.189 e. The topological polar surface area (TPSA) is 71.3 Å². The Balaban J connectivity index is 2.15. The second kappa shape index (κ2) is 8.96. The van der Waals surface area contributed by atoms with Crippen LogP contribution < -0.4 is 14.4 Å². The van der Waals surface area contributed by atoms with Crippen molar-refractivity contribution in [2.45, 2.75) is 30.8 Å². The fraction of sp³-hybridized carbons (Fsp3) is 0.450. The summed E-state index contributed by atoms with van der Waals surface area (Å²) in [6.45, 7) is 1.84. The van der Waals surface area contributed by atoms with Gasteiger partial charge >= 0.3 is 0 Å². The van der Waals surface area contributed by atoms with E-state index in [-0.39, 0.29) is 0 Å². The molecule has 3 rings (SSSR count). The first-order valence-electron chi connectivity index (χ1n) is 9.05. The molecule has 1 saturated heterocycles. The third-order valence-corrected chi connectivity index (χ3v) is 5.27. The van der Waals surface area contributed by atoms with E-state index in [0.29, 0.717) is 27.9 Å². The lowest BCUT2D eigenvalue weighted by Gasteiger charge is -2.24. The van der Waals surface area contributed by atoms with Crippen molar-refractivity contribution < 1.29 is 9.47 Å². The van der Waals surface area contributed by atoms with Gasteiger partial charge in [-0.2, -0.15) is 5.26 Å². The van der Waals surface area contributed by atoms with Crippen molar-refractivity contribution in [1.29, 1.82) is 5.26 Å². The molecule has 7 heteroatoms. The Kier molecular flexibility index (Phi) is 6.40. The summed E-state index contributed by atoms with van der Waals surface area (Å²) in [6, 6.07) is 7.95. The Hall–Kier alpha value is -2.46. The van der Waals surface area contributed by atoms with E-state index in [1.165, 1.54) is 24.6 Å². The molecule has 0 unspecified atom stereocenters. The van der Waals surface area contributed by atoms with Gasteiger partial charge < -0.3 is 14.4 Å². The Bertz CT molecular complexity index is 843. The van der Waals surface area contributed by atoms with Crippen molar-refractivity contribution in [3.63, 3.8) is 0 Å². The molecule has 0 spiro atoms. The van der Waals surface area contributed by atoms with Crippen LogP contribution in [0.1, 0.15) is 31.2 Å². The molecule has 0 aliphatic carbocycles. The number of thioether (sulfide) groups is 1. The van der Waals surface area contributed by atoms with Gasteiger partial charge in [-0.3, -0.25) is 0 Å². The Morgan fingerprint density at radius 1 is 1.04 bits per heavy atom. The molecule has 1 aliphatic rings. The molecule has 27 heavy (non-hydrogen) atoms. The van der Waals surface area contributed by atoms with E-state index in [1.807, 2.05) is 24.5 Å². The number of hydrogen-bond donors (Lipinski definition) is 0. The maximum absolute atomic E-state index is 9.93. The summed E-state index contributed by atoms with van der Waals surface area (Å²) in [6.07, 6.45) is 6.64. The second-order valence-electron chi connectivity index (χ2n) is 6.34. The Labute approximate surface area is 164 Å². The van der Waals surface area contributed by atoms with Crippen LogP contribution in [-0.2, 0) is 0 Å². The van der Waals surface area contributed by atoms with E-state index in [1.54, 1.807) is 14.2 Å². The quantitative estimate of drug-likeness (QED) is 0.567. The molecule has 1 aromatic carbocycles. The molecule has 0 bridgehead atoms. The maximum atomic E-state index is 9.93. The molecule has 1 fully saturated rings. The molecule has 0 atom stereocenters. The normalized spacial score (nSPS) is 14.4. The number of hydrogen-bond acceptors (Lipinski definition) is 7. The predicted molar refractivity (Wildman–Crippen MR) is 108 cm³/mol. The third-order valence-electron chi connectivity index (χ3n) is 4.73. The van der Waals surface area contributed by atoms with Crippen molar-refractivity contribution in [3.05, 3.63) is 23.8 Å². The van der Waals surface area contributed by atoms with Crippen molar-refractivity contribution in [2.75, 3.05) is 38.5 Å². The SMILES string of the molecule is COc1ccc(-c2nc(SC)nc(N3CCCCCC3)c2C#N)cc1OC. The van der Waals surface area contributed by atoms with Gasteiger partial charge in [0.1, 0.15) is 11.6 Å². The first-order chi connectivity index (χ1) is 13.2. The highest BCUT2D eigenvalue weighted by Gasteiger charge is 2.22. The molecular formula is C20H24N4O2S. The first kappa shape index (κ1) is 19.3. The average molecular weight is 385 g/mol. The maximum Gasteiger partial charge on any atom is 0.189 e. The summed E-state index contributed by atoms with van der Waals surface area (Å²) in [5.74, 6) is 2.00. The highest BCUT2D eigenvalue weighted by atomic mass is 32.2. The van der Waals surface area contributed by atoms with Gasteiger partial charge in [-0.1, -0.05) is 24.6 Å². The summed E-state index contributed by atoms with van der Waals surface area (Å²) in [5, 5.41) is 10.6. The van der Waals surface area contributed by atoms with Crippen LogP contribution in [0.5, 0.6) is 11.5 Å². The van der Waals surface area contributed by atoms with Gasteiger partial charge in [0.05, 0.1) is 19.9 Å².